The molecule has 0 aliphatic heterocycles. The van der Waals surface area contributed by atoms with E-state index in [-0.39, 0.29) is 5.91 Å². The van der Waals surface area contributed by atoms with E-state index in [0.29, 0.717) is 36.8 Å². The first-order valence-corrected chi connectivity index (χ1v) is 10.5. The minimum absolute atomic E-state index is 0.244. The third-order valence-corrected chi connectivity index (χ3v) is 5.25. The lowest BCUT2D eigenvalue weighted by Gasteiger charge is -2.17. The second kappa shape index (κ2) is 10.7. The molecule has 1 amide bonds. The number of amides is 1. The Bertz CT molecular complexity index is 908. The summed E-state index contributed by atoms with van der Waals surface area (Å²) in [6.07, 6.45) is 5.22. The van der Waals surface area contributed by atoms with Gasteiger partial charge in [0.05, 0.1) is 13.7 Å². The van der Waals surface area contributed by atoms with E-state index in [1.54, 1.807) is 7.11 Å². The average molecular weight is 411 g/mol. The summed E-state index contributed by atoms with van der Waals surface area (Å²) in [6.45, 7) is 2.97. The number of carbonyl (C=O) groups excluding carboxylic acids is 1. The summed E-state index contributed by atoms with van der Waals surface area (Å²) in [5.74, 6) is 1.16. The minimum atomic E-state index is -0.244. The first-order chi connectivity index (χ1) is 14.7. The molecule has 0 bridgehead atoms. The number of hydrogen-bond acceptors (Lipinski definition) is 5. The van der Waals surface area contributed by atoms with Gasteiger partial charge in [-0.25, -0.2) is 0 Å². The van der Waals surface area contributed by atoms with Gasteiger partial charge in [0.1, 0.15) is 7.11 Å². The summed E-state index contributed by atoms with van der Waals surface area (Å²) in [4.78, 5) is 17.7. The second-order valence-electron chi connectivity index (χ2n) is 7.24. The van der Waals surface area contributed by atoms with Gasteiger partial charge >= 0.3 is 0 Å². The Morgan fingerprint density at radius 2 is 1.83 bits per heavy atom. The Morgan fingerprint density at radius 1 is 1.03 bits per heavy atom. The number of nitrogens with zero attached hydrogens (tertiary/aromatic N) is 1. The maximum absolute atomic E-state index is 12.8. The molecule has 0 unspecified atom stereocenters. The van der Waals surface area contributed by atoms with Gasteiger partial charge < -0.3 is 19.6 Å². The standard InChI is InChI=1S/C24H30N2O4/c1-4-30-22-15-17(9-12-21(22)28-2)13-14-25-24(27)23(26-29-3)20-11-10-18-7-5-6-8-19(18)16-20/h9-12,15-16H,4-8,13-14H2,1-3H3,(H,25,27)/b26-23-. The molecule has 1 aliphatic carbocycles. The van der Waals surface area contributed by atoms with Crippen molar-refractivity contribution in [2.75, 3.05) is 27.4 Å². The van der Waals surface area contributed by atoms with Gasteiger partial charge in [-0.2, -0.15) is 0 Å². The van der Waals surface area contributed by atoms with E-state index < -0.39 is 0 Å². The van der Waals surface area contributed by atoms with Gasteiger partial charge in [-0.15, -0.1) is 0 Å². The lowest BCUT2D eigenvalue weighted by Crippen LogP contribution is -2.33. The maximum Gasteiger partial charge on any atom is 0.273 e. The molecular formula is C24H30N2O4. The third-order valence-electron chi connectivity index (χ3n) is 5.25. The summed E-state index contributed by atoms with van der Waals surface area (Å²) in [7, 11) is 3.08. The van der Waals surface area contributed by atoms with E-state index in [9.17, 15) is 4.79 Å². The van der Waals surface area contributed by atoms with E-state index in [0.717, 1.165) is 24.0 Å². The van der Waals surface area contributed by atoms with Crippen molar-refractivity contribution in [1.29, 1.82) is 0 Å². The van der Waals surface area contributed by atoms with Crippen molar-refractivity contribution in [1.82, 2.24) is 5.32 Å². The van der Waals surface area contributed by atoms with Gasteiger partial charge in [-0.05, 0) is 73.9 Å². The molecule has 0 spiro atoms. The van der Waals surface area contributed by atoms with E-state index in [2.05, 4.69) is 22.6 Å². The number of rotatable bonds is 9. The monoisotopic (exact) mass is 410 g/mol. The molecule has 0 radical (unpaired) electrons. The topological polar surface area (TPSA) is 69.2 Å². The molecule has 6 nitrogen and oxygen atoms in total. The molecule has 6 heteroatoms. The average Bonchev–Trinajstić information content (AvgIpc) is 2.77. The van der Waals surface area contributed by atoms with Crippen LogP contribution >= 0.6 is 0 Å². The van der Waals surface area contributed by atoms with E-state index in [4.69, 9.17) is 14.3 Å². The van der Waals surface area contributed by atoms with Crippen molar-refractivity contribution >= 4 is 11.6 Å². The van der Waals surface area contributed by atoms with Crippen LogP contribution in [-0.2, 0) is 28.9 Å². The predicted molar refractivity (Wildman–Crippen MR) is 118 cm³/mol. The predicted octanol–water partition coefficient (Wildman–Crippen LogP) is 3.68. The zero-order valence-electron chi connectivity index (χ0n) is 18.0. The lowest BCUT2D eigenvalue weighted by molar-refractivity contribution is -0.114. The van der Waals surface area contributed by atoms with Gasteiger partial charge in [0.15, 0.2) is 17.2 Å². The van der Waals surface area contributed by atoms with E-state index in [1.807, 2.05) is 31.2 Å². The fraction of sp³-hybridized carbons (Fsp3) is 0.417. The molecule has 2 aromatic carbocycles. The highest BCUT2D eigenvalue weighted by Crippen LogP contribution is 2.28. The number of nitrogens with one attached hydrogen (secondary N) is 1. The summed E-state index contributed by atoms with van der Waals surface area (Å²) in [5, 5.41) is 6.95. The van der Waals surface area contributed by atoms with Crippen LogP contribution in [0.1, 0.15) is 42.0 Å². The molecule has 0 heterocycles. The Labute approximate surface area is 178 Å². The molecular weight excluding hydrogens is 380 g/mol. The SMILES string of the molecule is CCOc1cc(CCNC(=O)/C(=N\OC)c2ccc3c(c2)CCCC3)ccc1OC. The summed E-state index contributed by atoms with van der Waals surface area (Å²) in [6, 6.07) is 11.9. The van der Waals surface area contributed by atoms with Crippen LogP contribution in [0.15, 0.2) is 41.6 Å². The van der Waals surface area contributed by atoms with E-state index in [1.165, 1.54) is 31.1 Å². The van der Waals surface area contributed by atoms with Gasteiger partial charge in [-0.3, -0.25) is 4.79 Å². The van der Waals surface area contributed by atoms with Crippen LogP contribution in [0.2, 0.25) is 0 Å². The Kier molecular flexibility index (Phi) is 7.71. The molecule has 0 saturated carbocycles. The molecule has 160 valence electrons. The largest absolute Gasteiger partial charge is 0.493 e. The highest BCUT2D eigenvalue weighted by molar-refractivity contribution is 6.45. The smallest absolute Gasteiger partial charge is 0.273 e. The van der Waals surface area contributed by atoms with Crippen molar-refractivity contribution in [3.05, 3.63) is 58.7 Å². The number of oxime groups is 1. The Hall–Kier alpha value is -3.02. The third kappa shape index (κ3) is 5.32. The highest BCUT2D eigenvalue weighted by atomic mass is 16.6. The zero-order valence-corrected chi connectivity index (χ0v) is 18.0. The second-order valence-corrected chi connectivity index (χ2v) is 7.24. The van der Waals surface area contributed by atoms with Crippen molar-refractivity contribution in [3.8, 4) is 11.5 Å². The molecule has 1 N–H and O–H groups in total. The molecule has 30 heavy (non-hydrogen) atoms. The minimum Gasteiger partial charge on any atom is -0.493 e. The summed E-state index contributed by atoms with van der Waals surface area (Å²) >= 11 is 0. The highest BCUT2D eigenvalue weighted by Gasteiger charge is 2.18. The van der Waals surface area contributed by atoms with Crippen molar-refractivity contribution in [2.45, 2.75) is 39.0 Å². The van der Waals surface area contributed by atoms with Crippen LogP contribution in [0, 0.1) is 0 Å². The number of hydrogen-bond donors (Lipinski definition) is 1. The number of benzene rings is 2. The van der Waals surface area contributed by atoms with Gasteiger partial charge in [0, 0.05) is 12.1 Å². The molecule has 0 fully saturated rings. The van der Waals surface area contributed by atoms with E-state index >= 15 is 0 Å². The van der Waals surface area contributed by atoms with Crippen molar-refractivity contribution in [2.24, 2.45) is 5.16 Å². The molecule has 1 aliphatic rings. The molecule has 0 saturated heterocycles. The quantitative estimate of drug-likeness (QED) is 0.506. The molecule has 0 aromatic heterocycles. The van der Waals surface area contributed by atoms with Crippen LogP contribution in [0.5, 0.6) is 11.5 Å². The normalized spacial score (nSPS) is 13.4. The number of methoxy groups -OCH3 is 1. The molecule has 2 aromatic rings. The Balaban J connectivity index is 1.65. The summed E-state index contributed by atoms with van der Waals surface area (Å²) in [5.41, 5.74) is 4.82. The molecule has 3 rings (SSSR count). The fourth-order valence-corrected chi connectivity index (χ4v) is 3.75. The maximum atomic E-state index is 12.8. The van der Waals surface area contributed by atoms with Gasteiger partial charge in [0.25, 0.3) is 5.91 Å². The number of ether oxygens (including phenoxy) is 2. The number of fused-ring (bicyclic) bond motifs is 1. The summed E-state index contributed by atoms with van der Waals surface area (Å²) < 4.78 is 10.9. The van der Waals surface area contributed by atoms with Gasteiger partial charge in [-0.1, -0.05) is 23.4 Å². The number of carbonyl (C=O) groups is 1. The van der Waals surface area contributed by atoms with Crippen LogP contribution < -0.4 is 14.8 Å². The van der Waals surface area contributed by atoms with Crippen LogP contribution in [-0.4, -0.2) is 39.0 Å². The number of aryl methyl sites for hydroxylation is 2. The lowest BCUT2D eigenvalue weighted by atomic mass is 9.89. The van der Waals surface area contributed by atoms with Crippen molar-refractivity contribution in [3.63, 3.8) is 0 Å². The first-order valence-electron chi connectivity index (χ1n) is 10.5. The van der Waals surface area contributed by atoms with Crippen LogP contribution in [0.4, 0.5) is 0 Å². The Morgan fingerprint density at radius 3 is 2.57 bits per heavy atom. The molecule has 0 atom stereocenters. The first kappa shape index (κ1) is 21.7. The van der Waals surface area contributed by atoms with Gasteiger partial charge in [0.2, 0.25) is 0 Å². The van der Waals surface area contributed by atoms with Crippen LogP contribution in [0.3, 0.4) is 0 Å². The zero-order chi connectivity index (χ0) is 21.3. The fourth-order valence-electron chi connectivity index (χ4n) is 3.75. The van der Waals surface area contributed by atoms with Crippen LogP contribution in [0.25, 0.3) is 0 Å². The van der Waals surface area contributed by atoms with Crippen molar-refractivity contribution < 1.29 is 19.1 Å².